The molecule has 0 aliphatic rings. The highest BCUT2D eigenvalue weighted by Crippen LogP contribution is 2.29. The Morgan fingerprint density at radius 1 is 1.10 bits per heavy atom. The first-order chi connectivity index (χ1) is 9.58. The zero-order valence-electron chi connectivity index (χ0n) is 10.2. The van der Waals surface area contributed by atoms with Crippen molar-refractivity contribution in [3.05, 3.63) is 76.2 Å². The van der Waals surface area contributed by atoms with Crippen LogP contribution in [0, 0.1) is 5.82 Å². The van der Waals surface area contributed by atoms with Gasteiger partial charge in [-0.3, -0.25) is 4.79 Å². The number of benzene rings is 2. The van der Waals surface area contributed by atoms with Crippen LogP contribution in [-0.4, -0.2) is 5.78 Å². The minimum atomic E-state index is -0.380. The lowest BCUT2D eigenvalue weighted by atomic mass is 10.1. The molecule has 0 saturated heterocycles. The van der Waals surface area contributed by atoms with Gasteiger partial charge in [0.1, 0.15) is 5.82 Å². The van der Waals surface area contributed by atoms with Gasteiger partial charge in [-0.05, 0) is 36.4 Å². The lowest BCUT2D eigenvalue weighted by Crippen LogP contribution is -1.96. The number of allylic oxidation sites excluding steroid dienone is 1. The van der Waals surface area contributed by atoms with Gasteiger partial charge in [-0.15, -0.1) is 0 Å². The summed E-state index contributed by atoms with van der Waals surface area (Å²) in [5, 5.41) is 3.68. The maximum Gasteiger partial charge on any atom is 0.187 e. The number of carbonyl (C=O) groups is 1. The van der Waals surface area contributed by atoms with Crippen molar-refractivity contribution in [2.24, 2.45) is 0 Å². The molecule has 2 aromatic carbocycles. The molecule has 0 aromatic heterocycles. The summed E-state index contributed by atoms with van der Waals surface area (Å²) in [5.41, 5.74) is 1.00. The van der Waals surface area contributed by atoms with Crippen molar-refractivity contribution in [2.45, 2.75) is 0 Å². The third-order valence-corrected chi connectivity index (χ3v) is 3.37. The average molecular weight is 310 g/mol. The van der Waals surface area contributed by atoms with Gasteiger partial charge in [0.25, 0.3) is 0 Å². The Morgan fingerprint density at radius 3 is 2.50 bits per heavy atom. The van der Waals surface area contributed by atoms with E-state index in [0.717, 1.165) is 0 Å². The zero-order valence-corrected chi connectivity index (χ0v) is 11.8. The van der Waals surface area contributed by atoms with Crippen LogP contribution in [0.3, 0.4) is 0 Å². The molecular weight excluding hydrogens is 300 g/mol. The molecule has 2 rings (SSSR count). The molecule has 2 aromatic rings. The van der Waals surface area contributed by atoms with Crippen molar-refractivity contribution in [2.75, 3.05) is 5.32 Å². The number of anilines is 1. The summed E-state index contributed by atoms with van der Waals surface area (Å²) in [4.78, 5) is 11.8. The summed E-state index contributed by atoms with van der Waals surface area (Å²) in [6.45, 7) is 0. The van der Waals surface area contributed by atoms with E-state index in [1.807, 2.05) is 0 Å². The maximum absolute atomic E-state index is 12.7. The molecule has 0 amide bonds. The zero-order chi connectivity index (χ0) is 14.5. The van der Waals surface area contributed by atoms with Gasteiger partial charge >= 0.3 is 0 Å². The first-order valence-electron chi connectivity index (χ1n) is 5.75. The summed E-state index contributed by atoms with van der Waals surface area (Å²) in [5.74, 6) is -0.620. The van der Waals surface area contributed by atoms with E-state index < -0.39 is 0 Å². The largest absolute Gasteiger partial charge is 0.360 e. The van der Waals surface area contributed by atoms with Gasteiger partial charge in [-0.2, -0.15) is 0 Å². The molecule has 0 bridgehead atoms. The summed E-state index contributed by atoms with van der Waals surface area (Å²) in [6.07, 6.45) is 2.80. The predicted octanol–water partition coefficient (Wildman–Crippen LogP) is 4.94. The van der Waals surface area contributed by atoms with Crippen molar-refractivity contribution >= 4 is 34.7 Å². The monoisotopic (exact) mass is 309 g/mol. The standard InChI is InChI=1S/C15H10Cl2FNO/c16-12-2-1-3-13(15(12)17)19-9-8-14(20)10-4-6-11(18)7-5-10/h1-9,19H. The second kappa shape index (κ2) is 6.55. The van der Waals surface area contributed by atoms with Crippen molar-refractivity contribution < 1.29 is 9.18 Å². The van der Waals surface area contributed by atoms with Gasteiger partial charge < -0.3 is 5.32 Å². The number of carbonyl (C=O) groups excluding carboxylic acids is 1. The van der Waals surface area contributed by atoms with Crippen molar-refractivity contribution in [3.63, 3.8) is 0 Å². The van der Waals surface area contributed by atoms with E-state index in [-0.39, 0.29) is 11.6 Å². The van der Waals surface area contributed by atoms with Crippen LogP contribution in [-0.2, 0) is 0 Å². The van der Waals surface area contributed by atoms with E-state index in [4.69, 9.17) is 23.2 Å². The van der Waals surface area contributed by atoms with Crippen LogP contribution in [0.4, 0.5) is 10.1 Å². The molecule has 0 unspecified atom stereocenters. The molecule has 5 heteroatoms. The van der Waals surface area contributed by atoms with Crippen LogP contribution in [0.2, 0.25) is 10.0 Å². The molecule has 102 valence electrons. The normalized spacial score (nSPS) is 10.8. The highest BCUT2D eigenvalue weighted by molar-refractivity contribution is 6.43. The highest BCUT2D eigenvalue weighted by atomic mass is 35.5. The van der Waals surface area contributed by atoms with Gasteiger partial charge in [0.15, 0.2) is 5.78 Å². The molecule has 0 radical (unpaired) electrons. The average Bonchev–Trinajstić information content (AvgIpc) is 2.44. The Balaban J connectivity index is 2.05. The minimum Gasteiger partial charge on any atom is -0.360 e. The third kappa shape index (κ3) is 3.59. The van der Waals surface area contributed by atoms with Crippen LogP contribution < -0.4 is 5.32 Å². The molecule has 20 heavy (non-hydrogen) atoms. The SMILES string of the molecule is O=C(C=CNc1cccc(Cl)c1Cl)c1ccc(F)cc1. The number of ketones is 1. The molecular formula is C15H10Cl2FNO. The van der Waals surface area contributed by atoms with Crippen LogP contribution in [0.25, 0.3) is 0 Å². The van der Waals surface area contributed by atoms with Gasteiger partial charge in [-0.1, -0.05) is 29.3 Å². The van der Waals surface area contributed by atoms with Crippen molar-refractivity contribution in [1.29, 1.82) is 0 Å². The number of hydrogen-bond acceptors (Lipinski definition) is 2. The Bertz CT molecular complexity index is 653. The van der Waals surface area contributed by atoms with E-state index in [9.17, 15) is 9.18 Å². The van der Waals surface area contributed by atoms with E-state index in [1.165, 1.54) is 36.5 Å². The van der Waals surface area contributed by atoms with E-state index in [2.05, 4.69) is 5.32 Å². The van der Waals surface area contributed by atoms with E-state index in [1.54, 1.807) is 18.2 Å². The lowest BCUT2D eigenvalue weighted by Gasteiger charge is -2.04. The Labute approximate surface area is 125 Å². The lowest BCUT2D eigenvalue weighted by molar-refractivity contribution is 0.104. The smallest absolute Gasteiger partial charge is 0.187 e. The predicted molar refractivity (Wildman–Crippen MR) is 80.0 cm³/mol. The summed E-state index contributed by atoms with van der Waals surface area (Å²) in [7, 11) is 0. The van der Waals surface area contributed by atoms with Crippen LogP contribution in [0.15, 0.2) is 54.7 Å². The van der Waals surface area contributed by atoms with Crippen LogP contribution in [0.1, 0.15) is 10.4 Å². The third-order valence-electron chi connectivity index (χ3n) is 2.55. The molecule has 0 aliphatic carbocycles. The van der Waals surface area contributed by atoms with E-state index in [0.29, 0.717) is 21.3 Å². The number of halogens is 3. The first-order valence-corrected chi connectivity index (χ1v) is 6.50. The maximum atomic E-state index is 12.7. The van der Waals surface area contributed by atoms with Crippen molar-refractivity contribution in [1.82, 2.24) is 0 Å². The number of nitrogens with one attached hydrogen (secondary N) is 1. The van der Waals surface area contributed by atoms with Gasteiger partial charge in [-0.25, -0.2) is 4.39 Å². The molecule has 2 nitrogen and oxygen atoms in total. The second-order valence-electron chi connectivity index (χ2n) is 3.95. The second-order valence-corrected chi connectivity index (χ2v) is 4.74. The van der Waals surface area contributed by atoms with Crippen molar-refractivity contribution in [3.8, 4) is 0 Å². The minimum absolute atomic E-state index is 0.240. The fraction of sp³-hybridized carbons (Fsp3) is 0. The summed E-state index contributed by atoms with van der Waals surface area (Å²) >= 11 is 11.9. The fourth-order valence-electron chi connectivity index (χ4n) is 1.53. The van der Waals surface area contributed by atoms with Crippen LogP contribution >= 0.6 is 23.2 Å². The molecule has 0 saturated carbocycles. The molecule has 0 aliphatic heterocycles. The molecule has 0 spiro atoms. The number of hydrogen-bond donors (Lipinski definition) is 1. The van der Waals surface area contributed by atoms with E-state index >= 15 is 0 Å². The van der Waals surface area contributed by atoms with Gasteiger partial charge in [0, 0.05) is 17.8 Å². The number of rotatable bonds is 4. The first kappa shape index (κ1) is 14.6. The fourth-order valence-corrected chi connectivity index (χ4v) is 1.89. The topological polar surface area (TPSA) is 29.1 Å². The summed E-state index contributed by atoms with van der Waals surface area (Å²) < 4.78 is 12.7. The molecule has 0 fully saturated rings. The Kier molecular flexibility index (Phi) is 4.77. The Morgan fingerprint density at radius 2 is 1.80 bits per heavy atom. The Hall–Kier alpha value is -1.84. The molecule has 0 heterocycles. The van der Waals surface area contributed by atoms with Gasteiger partial charge in [0.05, 0.1) is 15.7 Å². The molecule has 0 atom stereocenters. The van der Waals surface area contributed by atoms with Gasteiger partial charge in [0.2, 0.25) is 0 Å². The highest BCUT2D eigenvalue weighted by Gasteiger charge is 2.03. The summed E-state index contributed by atoms with van der Waals surface area (Å²) in [6, 6.07) is 10.5. The van der Waals surface area contributed by atoms with Crippen LogP contribution in [0.5, 0.6) is 0 Å². The molecule has 1 N–H and O–H groups in total. The quantitative estimate of drug-likeness (QED) is 0.640.